The molecule has 2 heterocycles. The number of carbonyl (C=O) groups excluding carboxylic acids is 2. The van der Waals surface area contributed by atoms with Gasteiger partial charge in [0.1, 0.15) is 38.6 Å². The molecule has 9 heteroatoms. The number of aliphatic hydroxyl groups is 2. The van der Waals surface area contributed by atoms with Crippen LogP contribution in [0.1, 0.15) is 31.3 Å². The zero-order chi connectivity index (χ0) is 20.2. The molecule has 0 saturated heterocycles. The fourth-order valence-corrected chi connectivity index (χ4v) is 4.32. The first kappa shape index (κ1) is 17.2. The van der Waals surface area contributed by atoms with Gasteiger partial charge in [-0.1, -0.05) is 30.3 Å². The van der Waals surface area contributed by atoms with Crippen molar-refractivity contribution in [1.82, 2.24) is 4.40 Å². The van der Waals surface area contributed by atoms with Crippen LogP contribution in [0.5, 0.6) is 0 Å². The number of hydrogen-bond donors (Lipinski definition) is 3. The predicted octanol–water partition coefficient (Wildman–Crippen LogP) is 2.60. The number of allylic oxidation sites excluding steroid dienone is 2. The Labute approximate surface area is 160 Å². The third-order valence-electron chi connectivity index (χ3n) is 4.38. The second-order valence-corrected chi connectivity index (χ2v) is 6.84. The van der Waals surface area contributed by atoms with Gasteiger partial charge in [-0.25, -0.2) is 0 Å². The third kappa shape index (κ3) is 2.05. The molecule has 1 aliphatic carbocycles. The number of aromatic nitrogens is 1. The van der Waals surface area contributed by atoms with Crippen LogP contribution >= 0.6 is 11.3 Å². The summed E-state index contributed by atoms with van der Waals surface area (Å²) in [5.41, 5.74) is -0.145. The van der Waals surface area contributed by atoms with Gasteiger partial charge in [-0.05, 0) is 5.56 Å². The maximum Gasteiger partial charge on any atom is 0.249 e. The van der Waals surface area contributed by atoms with E-state index in [1.807, 2.05) is 12.1 Å². The molecule has 0 aliphatic heterocycles. The molecule has 1 aliphatic rings. The predicted molar refractivity (Wildman–Crippen MR) is 96.9 cm³/mol. The highest BCUT2D eigenvalue weighted by Gasteiger charge is 2.38. The lowest BCUT2D eigenvalue weighted by molar-refractivity contribution is 0.0879. The maximum absolute atomic E-state index is 12.5. The number of benzene rings is 1. The third-order valence-corrected chi connectivity index (χ3v) is 5.54. The standard InChI is InChI=1S/C19H8N4O4S/c20-6-9-11(8-4-2-1-3-5-8)10(7-21)19-23(18(9)22)12-13(24)14(25)15(26)16(27)17(12)28-19/h1-5,22,25-26H. The second-order valence-electron chi connectivity index (χ2n) is 5.84. The molecule has 0 atom stereocenters. The van der Waals surface area contributed by atoms with Gasteiger partial charge in [-0.2, -0.15) is 10.5 Å². The van der Waals surface area contributed by atoms with Crippen LogP contribution in [-0.4, -0.2) is 26.2 Å². The highest BCUT2D eigenvalue weighted by molar-refractivity contribution is 7.20. The Bertz CT molecular complexity index is 1400. The zero-order valence-electron chi connectivity index (χ0n) is 13.8. The van der Waals surface area contributed by atoms with Gasteiger partial charge in [0.15, 0.2) is 0 Å². The van der Waals surface area contributed by atoms with Gasteiger partial charge in [0.25, 0.3) is 0 Å². The topological polar surface area (TPSA) is 150 Å². The van der Waals surface area contributed by atoms with Gasteiger partial charge in [0.05, 0.1) is 5.56 Å². The van der Waals surface area contributed by atoms with Crippen LogP contribution in [0.4, 0.5) is 0 Å². The molecule has 3 N–H and O–H groups in total. The minimum absolute atomic E-state index is 0.0118. The van der Waals surface area contributed by atoms with Crippen LogP contribution in [-0.2, 0) is 0 Å². The monoisotopic (exact) mass is 388 g/mol. The number of carbonyl (C=O) groups is 2. The Balaban J connectivity index is 2.25. The Hall–Kier alpha value is -4.21. The van der Waals surface area contributed by atoms with E-state index in [9.17, 15) is 30.3 Å². The van der Waals surface area contributed by atoms with Crippen molar-refractivity contribution in [3.8, 4) is 23.3 Å². The summed E-state index contributed by atoms with van der Waals surface area (Å²) in [5.74, 6) is -4.26. The first-order valence-electron chi connectivity index (χ1n) is 7.79. The number of thiazole rings is 1. The maximum atomic E-state index is 12.5. The van der Waals surface area contributed by atoms with Crippen molar-refractivity contribution in [2.45, 2.75) is 0 Å². The van der Waals surface area contributed by atoms with E-state index in [2.05, 4.69) is 0 Å². The molecule has 3 aromatic rings. The molecule has 0 amide bonds. The number of hydrogen-bond acceptors (Lipinski definition) is 8. The van der Waals surface area contributed by atoms with E-state index in [1.165, 1.54) is 0 Å². The second kappa shape index (κ2) is 5.91. The average molecular weight is 388 g/mol. The molecular weight excluding hydrogens is 380 g/mol. The average Bonchev–Trinajstić information content (AvgIpc) is 3.12. The highest BCUT2D eigenvalue weighted by atomic mass is 32.1. The number of ketones is 2. The van der Waals surface area contributed by atoms with E-state index in [1.54, 1.807) is 30.3 Å². The van der Waals surface area contributed by atoms with Crippen molar-refractivity contribution in [3.05, 3.63) is 69.0 Å². The van der Waals surface area contributed by atoms with Gasteiger partial charge in [-0.3, -0.25) is 19.4 Å². The summed E-state index contributed by atoms with van der Waals surface area (Å²) in [6.45, 7) is 0. The lowest BCUT2D eigenvalue weighted by Gasteiger charge is -2.12. The molecule has 2 aromatic heterocycles. The first-order valence-corrected chi connectivity index (χ1v) is 8.61. The minimum Gasteiger partial charge on any atom is -0.501 e. The molecule has 0 radical (unpaired) electrons. The summed E-state index contributed by atoms with van der Waals surface area (Å²) in [5, 5.41) is 47.4. The fraction of sp³-hybridized carbons (Fsp3) is 0. The van der Waals surface area contributed by atoms with Crippen molar-refractivity contribution >= 4 is 27.7 Å². The van der Waals surface area contributed by atoms with Gasteiger partial charge in [-0.15, -0.1) is 11.3 Å². The molecule has 1 aromatic carbocycles. The summed E-state index contributed by atoms with van der Waals surface area (Å²) in [4.78, 5) is 24.7. The Morgan fingerprint density at radius 1 is 0.964 bits per heavy atom. The van der Waals surface area contributed by atoms with Crippen molar-refractivity contribution in [1.29, 1.82) is 15.9 Å². The van der Waals surface area contributed by atoms with Crippen LogP contribution in [0.2, 0.25) is 0 Å². The van der Waals surface area contributed by atoms with E-state index in [-0.39, 0.29) is 32.1 Å². The molecule has 134 valence electrons. The highest BCUT2D eigenvalue weighted by Crippen LogP contribution is 2.36. The zero-order valence-corrected chi connectivity index (χ0v) is 14.7. The van der Waals surface area contributed by atoms with Crippen molar-refractivity contribution in [3.63, 3.8) is 0 Å². The molecule has 0 unspecified atom stereocenters. The summed E-state index contributed by atoms with van der Waals surface area (Å²) in [7, 11) is 0. The summed E-state index contributed by atoms with van der Waals surface area (Å²) >= 11 is 0.746. The van der Waals surface area contributed by atoms with E-state index in [4.69, 9.17) is 5.41 Å². The Morgan fingerprint density at radius 3 is 2.18 bits per heavy atom. The molecule has 0 fully saturated rings. The van der Waals surface area contributed by atoms with Crippen LogP contribution < -0.4 is 5.49 Å². The number of Topliss-reactive ketones (excluding diaryl/α,β-unsaturated/α-hetero) is 2. The summed E-state index contributed by atoms with van der Waals surface area (Å²) in [6.07, 6.45) is 0. The molecule has 8 nitrogen and oxygen atoms in total. The summed E-state index contributed by atoms with van der Waals surface area (Å²) in [6, 6.07) is 12.4. The summed E-state index contributed by atoms with van der Waals surface area (Å²) < 4.78 is 1.01. The number of nitrogens with zero attached hydrogens (tertiary/aromatic N) is 3. The Morgan fingerprint density at radius 2 is 1.57 bits per heavy atom. The van der Waals surface area contributed by atoms with E-state index in [0.717, 1.165) is 15.7 Å². The van der Waals surface area contributed by atoms with Crippen LogP contribution in [0.25, 0.3) is 16.0 Å². The molecule has 0 spiro atoms. The van der Waals surface area contributed by atoms with E-state index < -0.39 is 28.6 Å². The van der Waals surface area contributed by atoms with Crippen LogP contribution in [0.15, 0.2) is 41.9 Å². The minimum atomic E-state index is -1.13. The van der Waals surface area contributed by atoms with Crippen LogP contribution in [0.3, 0.4) is 0 Å². The van der Waals surface area contributed by atoms with Gasteiger partial charge in [0.2, 0.25) is 23.1 Å². The first-order chi connectivity index (χ1) is 13.4. The molecular formula is C19H8N4O4S. The quantitative estimate of drug-likeness (QED) is 0.583. The number of pyridine rings is 1. The number of nitrogens with one attached hydrogen (secondary N) is 1. The van der Waals surface area contributed by atoms with Crippen molar-refractivity contribution in [2.75, 3.05) is 0 Å². The lowest BCUT2D eigenvalue weighted by Crippen LogP contribution is -2.27. The number of aliphatic hydroxyl groups excluding tert-OH is 2. The number of nitriles is 2. The Kier molecular flexibility index (Phi) is 3.63. The van der Waals surface area contributed by atoms with Gasteiger partial charge in [0, 0.05) is 5.56 Å². The van der Waals surface area contributed by atoms with E-state index >= 15 is 0 Å². The SMILES string of the molecule is N#Cc1c(-c2ccccc2)c(C#N)c2sc3c(n2c1=N)C(=O)C(O)=C(O)C3=O. The number of fused-ring (bicyclic) bond motifs is 3. The van der Waals surface area contributed by atoms with E-state index in [0.29, 0.717) is 5.56 Å². The lowest BCUT2D eigenvalue weighted by atomic mass is 9.97. The van der Waals surface area contributed by atoms with Gasteiger partial charge >= 0.3 is 0 Å². The molecule has 4 rings (SSSR count). The van der Waals surface area contributed by atoms with Crippen molar-refractivity contribution in [2.24, 2.45) is 0 Å². The van der Waals surface area contributed by atoms with Gasteiger partial charge < -0.3 is 10.2 Å². The number of rotatable bonds is 1. The largest absolute Gasteiger partial charge is 0.501 e. The molecule has 0 saturated carbocycles. The molecule has 0 bridgehead atoms. The normalized spacial score (nSPS) is 13.4. The fourth-order valence-electron chi connectivity index (χ4n) is 3.13. The van der Waals surface area contributed by atoms with Crippen molar-refractivity contribution < 1.29 is 19.8 Å². The van der Waals surface area contributed by atoms with Crippen LogP contribution in [0, 0.1) is 28.1 Å². The smallest absolute Gasteiger partial charge is 0.249 e. The molecule has 28 heavy (non-hydrogen) atoms.